The van der Waals surface area contributed by atoms with Crippen molar-refractivity contribution < 1.29 is 19.4 Å². The summed E-state index contributed by atoms with van der Waals surface area (Å²) < 4.78 is 5.22. The van der Waals surface area contributed by atoms with Crippen LogP contribution in [0.15, 0.2) is 18.2 Å². The Morgan fingerprint density at radius 2 is 2.16 bits per heavy atom. The maximum atomic E-state index is 12.0. The number of benzene rings is 1. The number of phenolic OH excluding ortho intramolecular Hbond substituents is 1. The molecule has 0 bridgehead atoms. The second kappa shape index (κ2) is 5.73. The van der Waals surface area contributed by atoms with E-state index in [2.05, 4.69) is 5.32 Å². The van der Waals surface area contributed by atoms with E-state index in [1.807, 2.05) is 0 Å². The van der Waals surface area contributed by atoms with Crippen LogP contribution in [0.25, 0.3) is 0 Å². The molecular formula is C14H17NO4. The molecule has 1 aliphatic rings. The Kier molecular flexibility index (Phi) is 4.04. The lowest BCUT2D eigenvalue weighted by Gasteiger charge is -2.15. The molecule has 1 unspecified atom stereocenters. The highest BCUT2D eigenvalue weighted by Gasteiger charge is 2.25. The molecule has 1 aromatic carbocycles. The molecule has 0 aliphatic carbocycles. The number of rotatable bonds is 3. The normalized spacial score (nSPS) is 19.7. The summed E-state index contributed by atoms with van der Waals surface area (Å²) in [6.07, 6.45) is 0.987. The van der Waals surface area contributed by atoms with Gasteiger partial charge in [-0.3, -0.25) is 9.59 Å². The number of Topliss-reactive ketones (excluding diaryl/α,β-unsaturated/α-hetero) is 1. The minimum atomic E-state index is -0.262. The first kappa shape index (κ1) is 13.4. The lowest BCUT2D eigenvalue weighted by Crippen LogP contribution is -2.29. The minimum Gasteiger partial charge on any atom is -0.508 e. The second-order valence-electron chi connectivity index (χ2n) is 4.67. The summed E-state index contributed by atoms with van der Waals surface area (Å²) in [4.78, 5) is 23.2. The molecule has 2 rings (SSSR count). The smallest absolute Gasteiger partial charge is 0.220 e. The highest BCUT2D eigenvalue weighted by atomic mass is 16.5. The molecule has 1 saturated heterocycles. The summed E-state index contributed by atoms with van der Waals surface area (Å²) in [7, 11) is 1.55. The van der Waals surface area contributed by atoms with Gasteiger partial charge >= 0.3 is 0 Å². The standard InChI is InChI=1S/C14H17NO4/c1-19-13-4-2-11(16)7-9(13)6-10-8-15-14(18)5-3-12(10)17/h2,4,7,10,16H,3,5-6,8H2,1H3,(H,15,18). The molecule has 2 N–H and O–H groups in total. The van der Waals surface area contributed by atoms with E-state index in [9.17, 15) is 14.7 Å². The maximum Gasteiger partial charge on any atom is 0.220 e. The van der Waals surface area contributed by atoms with Gasteiger partial charge in [0.15, 0.2) is 0 Å². The van der Waals surface area contributed by atoms with Crippen LogP contribution in [0.5, 0.6) is 11.5 Å². The van der Waals surface area contributed by atoms with Crippen molar-refractivity contribution >= 4 is 11.7 Å². The number of nitrogens with one attached hydrogen (secondary N) is 1. The van der Waals surface area contributed by atoms with Crippen molar-refractivity contribution in [3.63, 3.8) is 0 Å². The van der Waals surface area contributed by atoms with Gasteiger partial charge in [0, 0.05) is 25.3 Å². The number of carbonyl (C=O) groups is 2. The molecule has 1 fully saturated rings. The van der Waals surface area contributed by atoms with Gasteiger partial charge in [0.05, 0.1) is 7.11 Å². The number of phenols is 1. The summed E-state index contributed by atoms with van der Waals surface area (Å²) in [6, 6.07) is 4.81. The largest absolute Gasteiger partial charge is 0.508 e. The molecule has 0 saturated carbocycles. The summed E-state index contributed by atoms with van der Waals surface area (Å²) in [5.74, 6) is 0.506. The number of carbonyl (C=O) groups excluding carboxylic acids is 2. The van der Waals surface area contributed by atoms with Crippen LogP contribution in [-0.4, -0.2) is 30.5 Å². The van der Waals surface area contributed by atoms with Crippen molar-refractivity contribution in [3.05, 3.63) is 23.8 Å². The van der Waals surface area contributed by atoms with Crippen molar-refractivity contribution in [3.8, 4) is 11.5 Å². The van der Waals surface area contributed by atoms with Gasteiger partial charge in [0.2, 0.25) is 5.91 Å². The molecule has 0 aromatic heterocycles. The average molecular weight is 263 g/mol. The number of aromatic hydroxyl groups is 1. The molecule has 102 valence electrons. The van der Waals surface area contributed by atoms with E-state index in [1.165, 1.54) is 0 Å². The third-order valence-corrected chi connectivity index (χ3v) is 3.33. The Hall–Kier alpha value is -2.04. The molecule has 19 heavy (non-hydrogen) atoms. The Balaban J connectivity index is 2.17. The predicted octanol–water partition coefficient (Wildman–Crippen LogP) is 1.04. The monoisotopic (exact) mass is 263 g/mol. The van der Waals surface area contributed by atoms with Crippen molar-refractivity contribution in [2.45, 2.75) is 19.3 Å². The zero-order valence-electron chi connectivity index (χ0n) is 10.8. The lowest BCUT2D eigenvalue weighted by atomic mass is 9.93. The third kappa shape index (κ3) is 3.24. The Morgan fingerprint density at radius 1 is 1.37 bits per heavy atom. The van der Waals surface area contributed by atoms with Gasteiger partial charge in [-0.2, -0.15) is 0 Å². The molecule has 0 radical (unpaired) electrons. The van der Waals surface area contributed by atoms with E-state index in [-0.39, 0.29) is 36.2 Å². The predicted molar refractivity (Wildman–Crippen MR) is 69.1 cm³/mol. The van der Waals surface area contributed by atoms with E-state index in [0.29, 0.717) is 18.7 Å². The molecule has 1 atom stereocenters. The number of methoxy groups -OCH3 is 1. The maximum absolute atomic E-state index is 12.0. The van der Waals surface area contributed by atoms with Gasteiger partial charge in [-0.05, 0) is 30.2 Å². The van der Waals surface area contributed by atoms with E-state index in [1.54, 1.807) is 25.3 Å². The summed E-state index contributed by atoms with van der Waals surface area (Å²) >= 11 is 0. The van der Waals surface area contributed by atoms with Crippen LogP contribution in [0.4, 0.5) is 0 Å². The number of hydrogen-bond donors (Lipinski definition) is 2. The van der Waals surface area contributed by atoms with Gasteiger partial charge in [-0.1, -0.05) is 0 Å². The molecule has 5 heteroatoms. The van der Waals surface area contributed by atoms with Crippen LogP contribution in [-0.2, 0) is 16.0 Å². The van der Waals surface area contributed by atoms with E-state index in [4.69, 9.17) is 4.74 Å². The minimum absolute atomic E-state index is 0.0729. The van der Waals surface area contributed by atoms with E-state index < -0.39 is 0 Å². The second-order valence-corrected chi connectivity index (χ2v) is 4.67. The molecule has 0 spiro atoms. The zero-order valence-corrected chi connectivity index (χ0v) is 10.8. The molecule has 1 heterocycles. The van der Waals surface area contributed by atoms with E-state index >= 15 is 0 Å². The Bertz CT molecular complexity index is 498. The third-order valence-electron chi connectivity index (χ3n) is 3.33. The van der Waals surface area contributed by atoms with Gasteiger partial charge in [0.1, 0.15) is 17.3 Å². The first-order valence-corrected chi connectivity index (χ1v) is 6.25. The van der Waals surface area contributed by atoms with Gasteiger partial charge in [0.25, 0.3) is 0 Å². The van der Waals surface area contributed by atoms with Gasteiger partial charge in [-0.15, -0.1) is 0 Å². The first-order valence-electron chi connectivity index (χ1n) is 6.25. The van der Waals surface area contributed by atoms with Crippen LogP contribution in [0.2, 0.25) is 0 Å². The SMILES string of the molecule is COc1ccc(O)cc1CC1CNC(=O)CCC1=O. The van der Waals surface area contributed by atoms with E-state index in [0.717, 1.165) is 5.56 Å². The van der Waals surface area contributed by atoms with Crippen molar-refractivity contribution in [2.75, 3.05) is 13.7 Å². The fourth-order valence-electron chi connectivity index (χ4n) is 2.26. The van der Waals surface area contributed by atoms with Crippen molar-refractivity contribution in [1.82, 2.24) is 5.32 Å². The number of amides is 1. The van der Waals surface area contributed by atoms with Crippen LogP contribution in [0, 0.1) is 5.92 Å². The highest BCUT2D eigenvalue weighted by Crippen LogP contribution is 2.26. The topological polar surface area (TPSA) is 75.6 Å². The van der Waals surface area contributed by atoms with Crippen molar-refractivity contribution in [2.24, 2.45) is 5.92 Å². The fourth-order valence-corrected chi connectivity index (χ4v) is 2.26. The molecular weight excluding hydrogens is 246 g/mol. The first-order chi connectivity index (χ1) is 9.10. The Morgan fingerprint density at radius 3 is 2.89 bits per heavy atom. The summed E-state index contributed by atoms with van der Waals surface area (Å²) in [5.41, 5.74) is 0.775. The molecule has 1 aliphatic heterocycles. The Labute approximate surface area is 111 Å². The number of ether oxygens (including phenoxy) is 1. The van der Waals surface area contributed by atoms with Crippen LogP contribution < -0.4 is 10.1 Å². The number of hydrogen-bond acceptors (Lipinski definition) is 4. The highest BCUT2D eigenvalue weighted by molar-refractivity contribution is 5.89. The van der Waals surface area contributed by atoms with Crippen molar-refractivity contribution in [1.29, 1.82) is 0 Å². The van der Waals surface area contributed by atoms with Crippen LogP contribution in [0.3, 0.4) is 0 Å². The summed E-state index contributed by atoms with van der Waals surface area (Å²) in [5, 5.41) is 12.3. The van der Waals surface area contributed by atoms with Crippen LogP contribution >= 0.6 is 0 Å². The van der Waals surface area contributed by atoms with Gasteiger partial charge < -0.3 is 15.2 Å². The number of ketones is 1. The average Bonchev–Trinajstić information content (AvgIpc) is 2.54. The molecule has 1 amide bonds. The van der Waals surface area contributed by atoms with Gasteiger partial charge in [-0.25, -0.2) is 0 Å². The molecule has 5 nitrogen and oxygen atoms in total. The zero-order chi connectivity index (χ0) is 13.8. The molecule has 1 aromatic rings. The summed E-state index contributed by atoms with van der Waals surface area (Å²) in [6.45, 7) is 0.344. The fraction of sp³-hybridized carbons (Fsp3) is 0.429. The lowest BCUT2D eigenvalue weighted by molar-refractivity contribution is -0.124. The quantitative estimate of drug-likeness (QED) is 0.854. The van der Waals surface area contributed by atoms with Crippen LogP contribution in [0.1, 0.15) is 18.4 Å².